The van der Waals surface area contributed by atoms with Gasteiger partial charge in [-0.15, -0.1) is 0 Å². The highest BCUT2D eigenvalue weighted by Gasteiger charge is 2.33. The highest BCUT2D eigenvalue weighted by Crippen LogP contribution is 2.15. The molecular weight excluding hydrogens is 698 g/mol. The van der Waals surface area contributed by atoms with Crippen LogP contribution in [-0.2, 0) is 45.3 Å². The van der Waals surface area contributed by atoms with Gasteiger partial charge >= 0.3 is 6.03 Å². The molecule has 0 bridgehead atoms. The first-order chi connectivity index (χ1) is 24.4. The summed E-state index contributed by atoms with van der Waals surface area (Å²) in [5, 5.41) is 12.5. The number of nitrogens with zero attached hydrogens (tertiary/aromatic N) is 1. The van der Waals surface area contributed by atoms with Gasteiger partial charge in [-0.1, -0.05) is 46.2 Å². The Morgan fingerprint density at radius 2 is 1.44 bits per heavy atom. The Labute approximate surface area is 304 Å². The minimum atomic E-state index is -4.77. The maximum atomic E-state index is 13.5. The Balaban J connectivity index is 2.08. The minimum Gasteiger partial charge on any atom is -0.352 e. The van der Waals surface area contributed by atoms with Crippen LogP contribution in [0.15, 0.2) is 36.4 Å². The van der Waals surface area contributed by atoms with Gasteiger partial charge in [0.25, 0.3) is 21.9 Å². The molecule has 0 spiro atoms. The Hall–Kier alpha value is -4.84. The van der Waals surface area contributed by atoms with Crippen molar-refractivity contribution in [3.8, 4) is 0 Å². The third-order valence-corrected chi connectivity index (χ3v) is 8.68. The molecule has 18 heteroatoms. The molecule has 2 rings (SSSR count). The van der Waals surface area contributed by atoms with Crippen molar-refractivity contribution in [2.24, 2.45) is 17.6 Å². The number of benzene rings is 1. The molecule has 1 unspecified atom stereocenters. The summed E-state index contributed by atoms with van der Waals surface area (Å²) >= 11 is 0. The van der Waals surface area contributed by atoms with Crippen LogP contribution in [0.1, 0.15) is 71.8 Å². The molecule has 0 radical (unpaired) electrons. The number of nitrogens with two attached hydrogens (primary N) is 1. The highest BCUT2D eigenvalue weighted by molar-refractivity contribution is 7.85. The molecule has 1 aliphatic heterocycles. The fourth-order valence-electron chi connectivity index (χ4n) is 5.31. The molecule has 3 atom stereocenters. The molecular formula is C34H51N7O10S. The van der Waals surface area contributed by atoms with Gasteiger partial charge in [-0.2, -0.15) is 8.42 Å². The number of amides is 8. The van der Waals surface area contributed by atoms with Gasteiger partial charge in [0.05, 0.1) is 0 Å². The van der Waals surface area contributed by atoms with E-state index in [1.54, 1.807) is 26.0 Å². The molecule has 8 N–H and O–H groups in total. The second-order valence-electron chi connectivity index (χ2n) is 13.3. The van der Waals surface area contributed by atoms with Crippen molar-refractivity contribution in [1.82, 2.24) is 26.2 Å². The fraction of sp³-hybridized carbons (Fsp3) is 0.559. The van der Waals surface area contributed by atoms with Crippen LogP contribution in [0.5, 0.6) is 0 Å². The van der Waals surface area contributed by atoms with Gasteiger partial charge in [-0.3, -0.25) is 38.2 Å². The van der Waals surface area contributed by atoms with Gasteiger partial charge in [0.1, 0.15) is 23.9 Å². The molecule has 17 nitrogen and oxygen atoms in total. The van der Waals surface area contributed by atoms with E-state index in [1.807, 2.05) is 12.1 Å². The topological polar surface area (TPSA) is 263 Å². The van der Waals surface area contributed by atoms with Crippen LogP contribution in [0.2, 0.25) is 0 Å². The van der Waals surface area contributed by atoms with Crippen LogP contribution >= 0.6 is 0 Å². The summed E-state index contributed by atoms with van der Waals surface area (Å²) in [5.74, 6) is -5.27. The van der Waals surface area contributed by atoms with E-state index in [1.165, 1.54) is 12.2 Å². The zero-order valence-electron chi connectivity index (χ0n) is 30.0. The van der Waals surface area contributed by atoms with Gasteiger partial charge in [0, 0.05) is 37.3 Å². The van der Waals surface area contributed by atoms with Gasteiger partial charge in [0.15, 0.2) is 0 Å². The van der Waals surface area contributed by atoms with Gasteiger partial charge in [-0.05, 0) is 61.6 Å². The van der Waals surface area contributed by atoms with Crippen LogP contribution in [-0.4, -0.2) is 96.3 Å². The van der Waals surface area contributed by atoms with Crippen LogP contribution in [0.25, 0.3) is 0 Å². The lowest BCUT2D eigenvalue weighted by Crippen LogP contribution is -2.59. The average Bonchev–Trinajstić information content (AvgIpc) is 3.36. The van der Waals surface area contributed by atoms with Crippen molar-refractivity contribution >= 4 is 57.3 Å². The zero-order valence-corrected chi connectivity index (χ0v) is 30.8. The molecule has 1 aliphatic rings. The third kappa shape index (κ3) is 16.0. The largest absolute Gasteiger partial charge is 0.352 e. The monoisotopic (exact) mass is 749 g/mol. The van der Waals surface area contributed by atoms with Crippen molar-refractivity contribution < 1.29 is 46.5 Å². The molecule has 1 heterocycles. The van der Waals surface area contributed by atoms with E-state index in [2.05, 4.69) is 40.4 Å². The predicted octanol–water partition coefficient (Wildman–Crippen LogP) is 0.756. The maximum absolute atomic E-state index is 13.5. The lowest BCUT2D eigenvalue weighted by atomic mass is 10.0. The number of hydrogen-bond acceptors (Lipinski definition) is 9. The van der Waals surface area contributed by atoms with Crippen molar-refractivity contribution in [1.29, 1.82) is 0 Å². The molecule has 8 amide bonds. The van der Waals surface area contributed by atoms with E-state index < -0.39 is 81.4 Å². The van der Waals surface area contributed by atoms with E-state index in [0.29, 0.717) is 24.4 Å². The van der Waals surface area contributed by atoms with Crippen LogP contribution in [0.3, 0.4) is 0 Å². The van der Waals surface area contributed by atoms with E-state index in [9.17, 15) is 46.5 Å². The number of imide groups is 1. The molecule has 52 heavy (non-hydrogen) atoms. The lowest BCUT2D eigenvalue weighted by molar-refractivity contribution is -0.137. The number of urea groups is 1. The van der Waals surface area contributed by atoms with E-state index in [-0.39, 0.29) is 38.8 Å². The Kier molecular flexibility index (Phi) is 17.4. The van der Waals surface area contributed by atoms with Crippen LogP contribution in [0.4, 0.5) is 10.5 Å². The zero-order chi connectivity index (χ0) is 39.0. The van der Waals surface area contributed by atoms with Crippen molar-refractivity contribution in [3.05, 3.63) is 42.0 Å². The summed E-state index contributed by atoms with van der Waals surface area (Å²) in [5.41, 5.74) is 6.70. The van der Waals surface area contributed by atoms with Gasteiger partial charge in [0.2, 0.25) is 23.6 Å². The van der Waals surface area contributed by atoms with Crippen molar-refractivity contribution in [3.63, 3.8) is 0 Å². The maximum Gasteiger partial charge on any atom is 0.312 e. The van der Waals surface area contributed by atoms with Gasteiger partial charge in [-0.25, -0.2) is 4.79 Å². The Morgan fingerprint density at radius 1 is 0.808 bits per heavy atom. The molecule has 0 saturated carbocycles. The standard InChI is InChI=1S/C34H51N7O10S/c1-21(2)19-23-11-13-24(14-12-23)37-31(45)25(9-8-17-36-34(35)48)39-33(47)30(22(3)4)40-32(46)26(20-52(49,50)51)38-27(42)10-6-5-7-18-41-28(43)15-16-29(41)44/h11-16,21-22,25-26,30H,5-10,17-20H2,1-4H3,(H,37,45)(H,38,42)(H,39,47)(H,40,46)(H3,35,36,48)(H,49,50,51)/t25-,26-,30?/m0/s1. The lowest BCUT2D eigenvalue weighted by Gasteiger charge is -2.27. The number of nitrogens with one attached hydrogen (secondary N) is 5. The highest BCUT2D eigenvalue weighted by atomic mass is 32.2. The molecule has 1 aromatic rings. The summed E-state index contributed by atoms with van der Waals surface area (Å²) in [4.78, 5) is 88.4. The minimum absolute atomic E-state index is 0.0744. The number of anilines is 1. The third-order valence-electron chi connectivity index (χ3n) is 7.93. The first kappa shape index (κ1) is 43.3. The Bertz CT molecular complexity index is 1560. The first-order valence-corrected chi connectivity index (χ1v) is 18.8. The number of primary amides is 1. The number of carbonyl (C=O) groups excluding carboxylic acids is 7. The Morgan fingerprint density at radius 3 is 2.00 bits per heavy atom. The summed E-state index contributed by atoms with van der Waals surface area (Å²) in [6, 6.07) is 2.29. The summed E-state index contributed by atoms with van der Waals surface area (Å²) in [6.45, 7) is 7.66. The second-order valence-corrected chi connectivity index (χ2v) is 14.8. The molecule has 0 saturated heterocycles. The summed E-state index contributed by atoms with van der Waals surface area (Å²) < 4.78 is 33.0. The number of unbranched alkanes of at least 4 members (excludes halogenated alkanes) is 2. The van der Waals surface area contributed by atoms with Gasteiger partial charge < -0.3 is 32.3 Å². The summed E-state index contributed by atoms with van der Waals surface area (Å²) in [6.07, 6.45) is 4.51. The van der Waals surface area contributed by atoms with Crippen LogP contribution in [0, 0.1) is 11.8 Å². The average molecular weight is 750 g/mol. The molecule has 288 valence electrons. The molecule has 0 aromatic heterocycles. The van der Waals surface area contributed by atoms with E-state index in [0.717, 1.165) is 16.9 Å². The second kappa shape index (κ2) is 20.9. The number of carbonyl (C=O) groups is 7. The molecule has 0 aliphatic carbocycles. The van der Waals surface area contributed by atoms with Crippen molar-refractivity contribution in [2.75, 3.05) is 24.2 Å². The quantitative estimate of drug-likeness (QED) is 0.0497. The van der Waals surface area contributed by atoms with Crippen LogP contribution < -0.4 is 32.3 Å². The summed E-state index contributed by atoms with van der Waals surface area (Å²) in [7, 11) is -4.77. The van der Waals surface area contributed by atoms with E-state index in [4.69, 9.17) is 5.73 Å². The number of rotatable bonds is 22. The number of hydrogen-bond donors (Lipinski definition) is 7. The SMILES string of the molecule is CC(C)Cc1ccc(NC(=O)[C@H](CCCNC(N)=O)NC(=O)C(NC(=O)[C@H](CS(=O)(=O)O)NC(=O)CCCCCN2C(=O)C=CC2=O)C(C)C)cc1. The normalized spacial score (nSPS) is 14.6. The van der Waals surface area contributed by atoms with E-state index >= 15 is 0 Å². The molecule has 0 fully saturated rings. The fourth-order valence-corrected chi connectivity index (χ4v) is 5.96. The first-order valence-electron chi connectivity index (χ1n) is 17.2. The predicted molar refractivity (Wildman–Crippen MR) is 192 cm³/mol. The smallest absolute Gasteiger partial charge is 0.312 e. The van der Waals surface area contributed by atoms with Crippen molar-refractivity contribution in [2.45, 2.75) is 90.8 Å². The molecule has 1 aromatic carbocycles.